The number of rotatable bonds is 6. The predicted octanol–water partition coefficient (Wildman–Crippen LogP) is -0.968. The lowest BCUT2D eigenvalue weighted by Crippen LogP contribution is -2.38. The van der Waals surface area contributed by atoms with Crippen LogP contribution in [0.15, 0.2) is 0 Å². The Labute approximate surface area is 68.5 Å². The fourth-order valence-electron chi connectivity index (χ4n) is 0.655. The van der Waals surface area contributed by atoms with Gasteiger partial charge in [-0.25, -0.2) is 4.72 Å². The van der Waals surface area contributed by atoms with Crippen molar-refractivity contribution in [2.45, 2.75) is 6.04 Å². The molecule has 0 aliphatic heterocycles. The first-order valence-electron chi connectivity index (χ1n) is 3.04. The molecule has 0 heterocycles. The van der Waals surface area contributed by atoms with Crippen LogP contribution in [0.3, 0.4) is 0 Å². The third kappa shape index (κ3) is 6.39. The van der Waals surface area contributed by atoms with Gasteiger partial charge in [-0.15, -0.1) is 0 Å². The summed E-state index contributed by atoms with van der Waals surface area (Å²) < 4.78 is 32.0. The molecule has 68 valence electrons. The molecule has 0 saturated carbocycles. The highest BCUT2D eigenvalue weighted by Gasteiger charge is 2.05. The van der Waals surface area contributed by atoms with Crippen LogP contribution in [0.4, 0.5) is 0 Å². The summed E-state index contributed by atoms with van der Waals surface area (Å²) in [4.78, 5) is 0. The summed E-state index contributed by atoms with van der Waals surface area (Å²) in [6, 6.07) is -0.302. The van der Waals surface area contributed by atoms with Gasteiger partial charge in [0, 0.05) is 25.5 Å². The summed E-state index contributed by atoms with van der Waals surface area (Å²) in [6.07, 6.45) is 0. The van der Waals surface area contributed by atoms with Crippen LogP contribution in [0, 0.1) is 0 Å². The summed E-state index contributed by atoms with van der Waals surface area (Å²) in [5.41, 5.74) is 0. The van der Waals surface area contributed by atoms with Crippen molar-refractivity contribution in [1.29, 1.82) is 0 Å². The first-order chi connectivity index (χ1) is 5.20. The average Bonchev–Trinajstić information content (AvgIpc) is 1.87. The maximum Gasteiger partial charge on any atom is 0.0652 e. The molecule has 1 atom stereocenters. The monoisotopic (exact) mass is 182 g/mol. The Morgan fingerprint density at radius 2 is 1.91 bits per heavy atom. The van der Waals surface area contributed by atoms with Gasteiger partial charge in [0.05, 0.1) is 19.3 Å². The number of hydrogen-bond donors (Lipinski definition) is 1. The van der Waals surface area contributed by atoms with Gasteiger partial charge in [0.2, 0.25) is 0 Å². The minimum Gasteiger partial charge on any atom is -0.760 e. The van der Waals surface area contributed by atoms with Gasteiger partial charge in [0.25, 0.3) is 0 Å². The Morgan fingerprint density at radius 1 is 1.45 bits per heavy atom. The summed E-state index contributed by atoms with van der Waals surface area (Å²) in [7, 11) is 3.00. The third-order valence-corrected chi connectivity index (χ3v) is 1.52. The Bertz CT molecular complexity index is 115. The zero-order valence-electron chi connectivity index (χ0n) is 6.53. The van der Waals surface area contributed by atoms with Crippen LogP contribution in [-0.4, -0.2) is 42.2 Å². The Balaban J connectivity index is 3.59. The average molecular weight is 182 g/mol. The van der Waals surface area contributed by atoms with E-state index in [0.29, 0.717) is 13.2 Å². The van der Waals surface area contributed by atoms with Crippen LogP contribution in [0.25, 0.3) is 0 Å². The highest BCUT2D eigenvalue weighted by Crippen LogP contribution is 1.86. The molecule has 0 rings (SSSR count). The second kappa shape index (κ2) is 6.68. The van der Waals surface area contributed by atoms with Crippen molar-refractivity contribution in [3.8, 4) is 0 Å². The van der Waals surface area contributed by atoms with Crippen molar-refractivity contribution in [2.75, 3.05) is 27.4 Å². The van der Waals surface area contributed by atoms with E-state index >= 15 is 0 Å². The second-order valence-corrected chi connectivity index (χ2v) is 2.67. The van der Waals surface area contributed by atoms with Crippen LogP contribution in [0.1, 0.15) is 0 Å². The molecule has 6 heteroatoms. The van der Waals surface area contributed by atoms with Crippen LogP contribution in [0.5, 0.6) is 0 Å². The van der Waals surface area contributed by atoms with E-state index < -0.39 is 11.3 Å². The van der Waals surface area contributed by atoms with Gasteiger partial charge < -0.3 is 14.0 Å². The molecule has 1 unspecified atom stereocenters. The van der Waals surface area contributed by atoms with E-state index in [0.717, 1.165) is 0 Å². The fraction of sp³-hybridized carbons (Fsp3) is 1.00. The lowest BCUT2D eigenvalue weighted by atomic mass is 10.4. The number of nitrogens with one attached hydrogen (secondary N) is 1. The van der Waals surface area contributed by atoms with Crippen LogP contribution in [-0.2, 0) is 20.7 Å². The van der Waals surface area contributed by atoms with E-state index in [1.54, 1.807) is 0 Å². The molecule has 0 fully saturated rings. The van der Waals surface area contributed by atoms with Crippen LogP contribution in [0.2, 0.25) is 0 Å². The fourth-order valence-corrected chi connectivity index (χ4v) is 1.06. The van der Waals surface area contributed by atoms with Gasteiger partial charge in [-0.1, -0.05) is 0 Å². The maximum atomic E-state index is 10.1. The largest absolute Gasteiger partial charge is 0.760 e. The Kier molecular flexibility index (Phi) is 6.68. The molecule has 0 aliphatic rings. The van der Waals surface area contributed by atoms with Crippen molar-refractivity contribution in [3.05, 3.63) is 0 Å². The van der Waals surface area contributed by atoms with Crippen molar-refractivity contribution < 1.29 is 18.2 Å². The topological polar surface area (TPSA) is 70.6 Å². The maximum absolute atomic E-state index is 10.1. The highest BCUT2D eigenvalue weighted by atomic mass is 32.2. The number of hydrogen-bond acceptors (Lipinski definition) is 4. The van der Waals surface area contributed by atoms with E-state index in [1.807, 2.05) is 0 Å². The molecule has 0 spiro atoms. The minimum atomic E-state index is -2.26. The zero-order valence-corrected chi connectivity index (χ0v) is 7.35. The van der Waals surface area contributed by atoms with Crippen LogP contribution < -0.4 is 4.72 Å². The van der Waals surface area contributed by atoms with E-state index in [-0.39, 0.29) is 6.04 Å². The smallest absolute Gasteiger partial charge is 0.0652 e. The van der Waals surface area contributed by atoms with Gasteiger partial charge in [0.15, 0.2) is 0 Å². The Hall–Kier alpha value is -0.0100. The lowest BCUT2D eigenvalue weighted by Gasteiger charge is -2.17. The molecule has 1 N–H and O–H groups in total. The normalized spacial score (nSPS) is 13.8. The predicted molar refractivity (Wildman–Crippen MR) is 39.6 cm³/mol. The third-order valence-electron chi connectivity index (χ3n) is 0.999. The molecule has 5 nitrogen and oxygen atoms in total. The molecule has 0 amide bonds. The summed E-state index contributed by atoms with van der Waals surface area (Å²) in [5, 5.41) is 0. The van der Waals surface area contributed by atoms with Gasteiger partial charge in [-0.3, -0.25) is 4.21 Å². The van der Waals surface area contributed by atoms with Gasteiger partial charge in [-0.05, 0) is 0 Å². The van der Waals surface area contributed by atoms with Gasteiger partial charge >= 0.3 is 0 Å². The van der Waals surface area contributed by atoms with Crippen LogP contribution >= 0.6 is 0 Å². The zero-order chi connectivity index (χ0) is 8.69. The van der Waals surface area contributed by atoms with Crippen molar-refractivity contribution in [2.24, 2.45) is 0 Å². The molecule has 11 heavy (non-hydrogen) atoms. The molecule has 0 radical (unpaired) electrons. The summed E-state index contributed by atoms with van der Waals surface area (Å²) in [5.74, 6) is 0. The minimum absolute atomic E-state index is 0.302. The van der Waals surface area contributed by atoms with E-state index in [4.69, 9.17) is 9.47 Å². The number of ether oxygens (including phenoxy) is 2. The van der Waals surface area contributed by atoms with Gasteiger partial charge in [0.1, 0.15) is 0 Å². The quantitative estimate of drug-likeness (QED) is 0.537. The second-order valence-electron chi connectivity index (χ2n) is 1.96. The van der Waals surface area contributed by atoms with E-state index in [1.165, 1.54) is 14.2 Å². The standard InChI is InChI=1S/C5H13NO4S/c1-9-3-5(4-10-2)6-11(7)8/h5-6H,3-4H2,1-2H3,(H,7,8)/p-1. The first-order valence-corrected chi connectivity index (χ1v) is 4.11. The first kappa shape index (κ1) is 11.0. The molecule has 0 aromatic carbocycles. The van der Waals surface area contributed by atoms with Gasteiger partial charge in [-0.2, -0.15) is 0 Å². The molecular weight excluding hydrogens is 170 g/mol. The number of methoxy groups -OCH3 is 2. The molecule has 0 aromatic heterocycles. The molecular formula is C5H12NO4S-. The molecule has 0 aromatic rings. The van der Waals surface area contributed by atoms with Crippen molar-refractivity contribution in [3.63, 3.8) is 0 Å². The highest BCUT2D eigenvalue weighted by molar-refractivity contribution is 7.77. The summed E-state index contributed by atoms with van der Waals surface area (Å²) >= 11 is -2.26. The van der Waals surface area contributed by atoms with E-state index in [2.05, 4.69) is 4.72 Å². The van der Waals surface area contributed by atoms with E-state index in [9.17, 15) is 8.76 Å². The van der Waals surface area contributed by atoms with Crippen molar-refractivity contribution in [1.82, 2.24) is 4.72 Å². The molecule has 0 saturated heterocycles. The molecule has 0 aliphatic carbocycles. The molecule has 0 bridgehead atoms. The lowest BCUT2D eigenvalue weighted by molar-refractivity contribution is 0.112. The summed E-state index contributed by atoms with van der Waals surface area (Å²) in [6.45, 7) is 0.615. The van der Waals surface area contributed by atoms with Crippen molar-refractivity contribution >= 4 is 11.3 Å². The Morgan fingerprint density at radius 3 is 2.18 bits per heavy atom. The SMILES string of the molecule is COCC(COC)NS(=O)[O-].